The third-order valence-electron chi connectivity index (χ3n) is 9.09. The average Bonchev–Trinajstić information content (AvgIpc) is 3.80. The molecule has 2 heterocycles. The summed E-state index contributed by atoms with van der Waals surface area (Å²) in [4.78, 5) is 0. The van der Waals surface area contributed by atoms with Gasteiger partial charge in [0.15, 0.2) is 7.05 Å². The molecule has 0 saturated carbocycles. The number of rotatable bonds is 7. The third-order valence-corrected chi connectivity index (χ3v) is 9.09. The highest BCUT2D eigenvalue weighted by molar-refractivity contribution is 6.06. The van der Waals surface area contributed by atoms with Crippen molar-refractivity contribution in [3.05, 3.63) is 176 Å². The second kappa shape index (κ2) is 12.3. The minimum atomic E-state index is 0.735. The summed E-state index contributed by atoms with van der Waals surface area (Å²) in [7, 11) is 1.96. The lowest BCUT2D eigenvalue weighted by molar-refractivity contribution is -0.429. The molecule has 0 N–H and O–H groups in total. The number of hydrogen-bond donors (Lipinski definition) is 0. The van der Waals surface area contributed by atoms with Crippen LogP contribution in [-0.2, 0) is 0 Å². The van der Waals surface area contributed by atoms with Gasteiger partial charge in [0.2, 0.25) is 23.3 Å². The van der Waals surface area contributed by atoms with Gasteiger partial charge in [-0.3, -0.25) is 0 Å². The van der Waals surface area contributed by atoms with Gasteiger partial charge in [0.25, 0.3) is 11.9 Å². The molecule has 0 unspecified atom stereocenters. The van der Waals surface area contributed by atoms with Crippen LogP contribution in [0.3, 0.4) is 0 Å². The van der Waals surface area contributed by atoms with Crippen LogP contribution in [-0.4, -0.2) is 28.2 Å². The summed E-state index contributed by atoms with van der Waals surface area (Å²) in [6, 6.07) is 64.1. The van der Waals surface area contributed by atoms with Gasteiger partial charge in [0.05, 0.1) is 28.6 Å². The number of fused-ring (bicyclic) bond motifs is 3. The van der Waals surface area contributed by atoms with Crippen LogP contribution in [0, 0.1) is 0 Å². The maximum atomic E-state index is 6.47. The standard InChI is InChI=1S/C45H32N4O/c1-46-27-28-47(31-46)36-18-10-20-38(29-36)50-39-21-11-19-37(30-39)48-32-49(45-42-22-9-8-17-35(42)25-26-43(45)48)44-40(33-13-4-2-5-14-33)23-12-24-41(44)34-15-6-3-7-16-34/h2-30H,1H3/q+4. The van der Waals surface area contributed by atoms with Gasteiger partial charge in [0, 0.05) is 18.2 Å². The number of nitrogens with zero attached hydrogens (tertiary/aromatic N) is 4. The molecule has 2 aliphatic rings. The molecule has 0 atom stereocenters. The summed E-state index contributed by atoms with van der Waals surface area (Å²) in [6.45, 7) is 0. The van der Waals surface area contributed by atoms with Crippen molar-refractivity contribution in [1.29, 1.82) is 0 Å². The number of para-hydroxylation sites is 1. The number of hydrogen-bond acceptors (Lipinski definition) is 1. The summed E-state index contributed by atoms with van der Waals surface area (Å²) < 4.78 is 14.7. The molecule has 7 aromatic rings. The van der Waals surface area contributed by atoms with Crippen molar-refractivity contribution in [2.45, 2.75) is 0 Å². The Kier molecular flexibility index (Phi) is 7.18. The summed E-state index contributed by atoms with van der Waals surface area (Å²) >= 11 is 0. The van der Waals surface area contributed by atoms with Crippen LogP contribution in [0.1, 0.15) is 0 Å². The molecule has 0 saturated heterocycles. The van der Waals surface area contributed by atoms with Crippen LogP contribution >= 0.6 is 0 Å². The van der Waals surface area contributed by atoms with Gasteiger partial charge in [-0.15, -0.1) is 0 Å². The molecule has 5 heteroatoms. The van der Waals surface area contributed by atoms with Gasteiger partial charge < -0.3 is 4.74 Å². The van der Waals surface area contributed by atoms with Crippen molar-refractivity contribution in [3.63, 3.8) is 0 Å². The van der Waals surface area contributed by atoms with E-state index in [1.54, 1.807) is 0 Å². The van der Waals surface area contributed by atoms with E-state index in [1.165, 1.54) is 5.39 Å². The Hall–Kier alpha value is -6.90. The molecule has 0 aliphatic carbocycles. The van der Waals surface area contributed by atoms with Crippen LogP contribution < -0.4 is 13.9 Å². The molecule has 0 radical (unpaired) electrons. The average molecular weight is 645 g/mol. The fraction of sp³-hybridized carbons (Fsp3) is 0.0222. The predicted octanol–water partition coefficient (Wildman–Crippen LogP) is 10.8. The molecule has 0 amide bonds. The first-order valence-electron chi connectivity index (χ1n) is 16.7. The Balaban J connectivity index is 1.24. The molecular formula is C45H32N4O+4. The lowest BCUT2D eigenvalue weighted by atomic mass is 9.95. The van der Waals surface area contributed by atoms with Crippen LogP contribution in [0.15, 0.2) is 176 Å². The fourth-order valence-electron chi connectivity index (χ4n) is 6.77. The Labute approximate surface area is 290 Å². The quantitative estimate of drug-likeness (QED) is 0.158. The van der Waals surface area contributed by atoms with Gasteiger partial charge in [-0.05, 0) is 62.1 Å². The first kappa shape index (κ1) is 29.3. The summed E-state index contributed by atoms with van der Waals surface area (Å²) in [5.74, 6) is 1.48. The summed E-state index contributed by atoms with van der Waals surface area (Å²) in [5, 5.41) is 2.32. The van der Waals surface area contributed by atoms with Crippen LogP contribution in [0.2, 0.25) is 0 Å². The van der Waals surface area contributed by atoms with E-state index in [0.717, 1.165) is 67.6 Å². The van der Waals surface area contributed by atoms with E-state index >= 15 is 0 Å². The van der Waals surface area contributed by atoms with Gasteiger partial charge >= 0.3 is 17.7 Å². The smallest absolute Gasteiger partial charge is 0.457 e. The van der Waals surface area contributed by atoms with E-state index in [-0.39, 0.29) is 0 Å². The first-order chi connectivity index (χ1) is 24.7. The molecule has 2 aliphatic heterocycles. The van der Waals surface area contributed by atoms with Crippen LogP contribution in [0.25, 0.3) is 33.0 Å². The monoisotopic (exact) mass is 644 g/mol. The highest BCUT2D eigenvalue weighted by atomic mass is 16.5. The predicted molar refractivity (Wildman–Crippen MR) is 202 cm³/mol. The molecule has 0 aromatic heterocycles. The molecule has 9 rings (SSSR count). The molecular weight excluding hydrogens is 613 g/mol. The second-order valence-corrected chi connectivity index (χ2v) is 12.3. The lowest BCUT2D eigenvalue weighted by Crippen LogP contribution is -2.05. The van der Waals surface area contributed by atoms with E-state index in [9.17, 15) is 0 Å². The zero-order valence-corrected chi connectivity index (χ0v) is 27.4. The van der Waals surface area contributed by atoms with Crippen LogP contribution in [0.4, 0.5) is 28.4 Å². The highest BCUT2D eigenvalue weighted by Crippen LogP contribution is 2.47. The van der Waals surface area contributed by atoms with Gasteiger partial charge in [0.1, 0.15) is 11.5 Å². The van der Waals surface area contributed by atoms with E-state index in [0.29, 0.717) is 0 Å². The normalized spacial score (nSPS) is 13.1. The van der Waals surface area contributed by atoms with Crippen molar-refractivity contribution in [1.82, 2.24) is 9.15 Å². The SMILES string of the molecule is C[N+]1=C=[N+](c2cccc(Oc3cccc([N+]4=C=[N+](c5c(-c6ccccc6)cccc5-c5ccccc5)c5c4ccc4ccccc54)c3)c2)C=C1. The summed E-state index contributed by atoms with van der Waals surface area (Å²) in [6.07, 6.45) is 3.94. The van der Waals surface area contributed by atoms with Crippen LogP contribution in [0.5, 0.6) is 11.5 Å². The molecule has 50 heavy (non-hydrogen) atoms. The minimum absolute atomic E-state index is 0.735. The van der Waals surface area contributed by atoms with Crippen molar-refractivity contribution in [3.8, 4) is 33.8 Å². The Bertz CT molecular complexity index is 2580. The maximum Gasteiger partial charge on any atom is 0.503 e. The van der Waals surface area contributed by atoms with Crippen molar-refractivity contribution >= 4 is 51.2 Å². The number of ether oxygens (including phenoxy) is 1. The van der Waals surface area contributed by atoms with E-state index in [2.05, 4.69) is 149 Å². The largest absolute Gasteiger partial charge is 0.503 e. The van der Waals surface area contributed by atoms with Crippen molar-refractivity contribution < 1.29 is 13.9 Å². The maximum absolute atomic E-state index is 6.47. The Morgan fingerprint density at radius 1 is 0.480 bits per heavy atom. The molecule has 0 spiro atoms. The molecule has 234 valence electrons. The van der Waals surface area contributed by atoms with E-state index in [1.807, 2.05) is 65.0 Å². The second-order valence-electron chi connectivity index (χ2n) is 12.3. The highest BCUT2D eigenvalue weighted by Gasteiger charge is 2.41. The Morgan fingerprint density at radius 2 is 1.10 bits per heavy atom. The van der Waals surface area contributed by atoms with Gasteiger partial charge in [-0.25, -0.2) is 0 Å². The zero-order chi connectivity index (χ0) is 33.4. The lowest BCUT2D eigenvalue weighted by Gasteiger charge is -2.11. The first-order valence-corrected chi connectivity index (χ1v) is 16.7. The van der Waals surface area contributed by atoms with E-state index in [4.69, 9.17) is 4.74 Å². The Morgan fingerprint density at radius 3 is 1.78 bits per heavy atom. The molecule has 5 nitrogen and oxygen atoms in total. The fourth-order valence-corrected chi connectivity index (χ4v) is 6.77. The molecule has 0 bridgehead atoms. The topological polar surface area (TPSA) is 21.3 Å². The van der Waals surface area contributed by atoms with Gasteiger partial charge in [-0.2, -0.15) is 0 Å². The minimum Gasteiger partial charge on any atom is -0.457 e. The van der Waals surface area contributed by atoms with Crippen molar-refractivity contribution in [2.24, 2.45) is 0 Å². The van der Waals surface area contributed by atoms with Crippen molar-refractivity contribution in [2.75, 3.05) is 7.05 Å². The van der Waals surface area contributed by atoms with Gasteiger partial charge in [-0.1, -0.05) is 106 Å². The molecule has 0 fully saturated rings. The number of benzene rings is 7. The zero-order valence-electron chi connectivity index (χ0n) is 27.4. The summed E-state index contributed by atoms with van der Waals surface area (Å²) in [5.41, 5.74) is 9.67. The molecule has 7 aromatic carbocycles. The van der Waals surface area contributed by atoms with E-state index < -0.39 is 0 Å². The third kappa shape index (κ3) is 5.26.